The Hall–Kier alpha value is -2.64. The molecular formula is C15H20N6O2. The second-order valence-corrected chi connectivity index (χ2v) is 5.50. The summed E-state index contributed by atoms with van der Waals surface area (Å²) < 4.78 is 6.71. The van der Waals surface area contributed by atoms with Gasteiger partial charge in [0.05, 0.1) is 7.11 Å². The molecule has 23 heavy (non-hydrogen) atoms. The number of aryl methyl sites for hydroxylation is 1. The predicted octanol–water partition coefficient (Wildman–Crippen LogP) is 0.617. The van der Waals surface area contributed by atoms with Gasteiger partial charge in [0.15, 0.2) is 0 Å². The van der Waals surface area contributed by atoms with Gasteiger partial charge < -0.3 is 15.0 Å². The largest absolute Gasteiger partial charge is 0.481 e. The number of nitrogens with one attached hydrogen (secondary N) is 1. The van der Waals surface area contributed by atoms with Crippen LogP contribution < -0.4 is 15.0 Å². The summed E-state index contributed by atoms with van der Waals surface area (Å²) in [6, 6.07) is 3.48. The number of methoxy groups -OCH3 is 1. The van der Waals surface area contributed by atoms with Crippen LogP contribution in [0.5, 0.6) is 5.88 Å². The van der Waals surface area contributed by atoms with Gasteiger partial charge in [-0.25, -0.2) is 4.98 Å². The molecule has 0 aliphatic carbocycles. The number of aromatic nitrogens is 4. The Labute approximate surface area is 134 Å². The van der Waals surface area contributed by atoms with Gasteiger partial charge in [-0.05, 0) is 18.9 Å². The van der Waals surface area contributed by atoms with Crippen molar-refractivity contribution in [3.05, 3.63) is 30.2 Å². The maximum absolute atomic E-state index is 12.3. The molecule has 1 amide bonds. The molecule has 2 aromatic heterocycles. The molecule has 1 aliphatic rings. The summed E-state index contributed by atoms with van der Waals surface area (Å²) in [5, 5.41) is 7.09. The summed E-state index contributed by atoms with van der Waals surface area (Å²) in [5.41, 5.74) is 0.555. The zero-order valence-corrected chi connectivity index (χ0v) is 13.3. The van der Waals surface area contributed by atoms with E-state index in [1.54, 1.807) is 43.4 Å². The summed E-state index contributed by atoms with van der Waals surface area (Å²) in [7, 11) is 3.34. The summed E-state index contributed by atoms with van der Waals surface area (Å²) in [6.07, 6.45) is 5.20. The molecule has 1 saturated heterocycles. The first-order valence-corrected chi connectivity index (χ1v) is 7.58. The van der Waals surface area contributed by atoms with E-state index >= 15 is 0 Å². The molecule has 3 heterocycles. The van der Waals surface area contributed by atoms with Gasteiger partial charge in [0.1, 0.15) is 5.69 Å². The second kappa shape index (κ2) is 6.64. The van der Waals surface area contributed by atoms with Crippen molar-refractivity contribution in [1.29, 1.82) is 0 Å². The van der Waals surface area contributed by atoms with Crippen LogP contribution in [0.2, 0.25) is 0 Å². The number of amides is 1. The monoisotopic (exact) mass is 316 g/mol. The predicted molar refractivity (Wildman–Crippen MR) is 84.5 cm³/mol. The number of carbonyl (C=O) groups excluding carboxylic acids is 1. The van der Waals surface area contributed by atoms with Crippen molar-refractivity contribution < 1.29 is 9.53 Å². The van der Waals surface area contributed by atoms with Crippen LogP contribution in [0.15, 0.2) is 24.5 Å². The van der Waals surface area contributed by atoms with Crippen LogP contribution in [0.4, 0.5) is 5.95 Å². The third kappa shape index (κ3) is 3.41. The van der Waals surface area contributed by atoms with E-state index < -0.39 is 0 Å². The third-order valence-corrected chi connectivity index (χ3v) is 3.92. The molecule has 3 rings (SSSR count). The maximum Gasteiger partial charge on any atom is 0.269 e. The first-order valence-electron chi connectivity index (χ1n) is 7.58. The average molecular weight is 316 g/mol. The van der Waals surface area contributed by atoms with E-state index in [1.165, 1.54) is 0 Å². The first kappa shape index (κ1) is 15.3. The van der Waals surface area contributed by atoms with E-state index in [2.05, 4.69) is 25.3 Å². The van der Waals surface area contributed by atoms with Crippen LogP contribution in [-0.4, -0.2) is 51.9 Å². The Morgan fingerprint density at radius 3 is 3.00 bits per heavy atom. The van der Waals surface area contributed by atoms with Gasteiger partial charge >= 0.3 is 0 Å². The van der Waals surface area contributed by atoms with Crippen molar-refractivity contribution >= 4 is 11.9 Å². The molecule has 0 spiro atoms. The van der Waals surface area contributed by atoms with Gasteiger partial charge in [-0.2, -0.15) is 10.1 Å². The molecule has 122 valence electrons. The standard InChI is InChI=1S/C15H20N6O2/c1-20-12(5-8-17-20)14(22)18-11-4-3-9-21(10-11)15-16-7-6-13(19-15)23-2/h5-8,11H,3-4,9-10H2,1-2H3,(H,18,22). The van der Waals surface area contributed by atoms with Crippen LogP contribution in [0, 0.1) is 0 Å². The van der Waals surface area contributed by atoms with Crippen molar-refractivity contribution in [2.24, 2.45) is 7.05 Å². The molecule has 0 radical (unpaired) electrons. The average Bonchev–Trinajstić information content (AvgIpc) is 3.01. The fourth-order valence-electron chi connectivity index (χ4n) is 2.73. The van der Waals surface area contributed by atoms with Gasteiger partial charge in [-0.15, -0.1) is 0 Å². The van der Waals surface area contributed by atoms with Gasteiger partial charge in [-0.3, -0.25) is 9.48 Å². The summed E-state index contributed by atoms with van der Waals surface area (Å²) in [4.78, 5) is 23.0. The maximum atomic E-state index is 12.3. The molecule has 1 unspecified atom stereocenters. The molecule has 2 aromatic rings. The smallest absolute Gasteiger partial charge is 0.269 e. The molecule has 0 saturated carbocycles. The Balaban J connectivity index is 1.66. The number of hydrogen-bond acceptors (Lipinski definition) is 6. The molecule has 0 aromatic carbocycles. The van der Waals surface area contributed by atoms with E-state index in [9.17, 15) is 4.79 Å². The Morgan fingerprint density at radius 2 is 2.26 bits per heavy atom. The number of ether oxygens (including phenoxy) is 1. The molecule has 1 aliphatic heterocycles. The SMILES string of the molecule is COc1ccnc(N2CCCC(NC(=O)c3ccnn3C)C2)n1. The highest BCUT2D eigenvalue weighted by molar-refractivity contribution is 5.92. The Kier molecular flexibility index (Phi) is 4.40. The van der Waals surface area contributed by atoms with Gasteiger partial charge in [-0.1, -0.05) is 0 Å². The first-order chi connectivity index (χ1) is 11.2. The number of hydrogen-bond donors (Lipinski definition) is 1. The third-order valence-electron chi connectivity index (χ3n) is 3.92. The minimum Gasteiger partial charge on any atom is -0.481 e. The van der Waals surface area contributed by atoms with Crippen molar-refractivity contribution in [1.82, 2.24) is 25.1 Å². The highest BCUT2D eigenvalue weighted by Gasteiger charge is 2.24. The number of rotatable bonds is 4. The summed E-state index contributed by atoms with van der Waals surface area (Å²) in [6.45, 7) is 1.54. The zero-order chi connectivity index (χ0) is 16.2. The van der Waals surface area contributed by atoms with Crippen molar-refractivity contribution in [2.75, 3.05) is 25.1 Å². The lowest BCUT2D eigenvalue weighted by Gasteiger charge is -2.33. The summed E-state index contributed by atoms with van der Waals surface area (Å²) >= 11 is 0. The molecule has 8 heteroatoms. The van der Waals surface area contributed by atoms with E-state index in [0.29, 0.717) is 24.1 Å². The van der Waals surface area contributed by atoms with E-state index in [4.69, 9.17) is 4.74 Å². The van der Waals surface area contributed by atoms with E-state index in [1.807, 2.05) is 0 Å². The highest BCUT2D eigenvalue weighted by Crippen LogP contribution is 2.18. The topological polar surface area (TPSA) is 85.2 Å². The minimum atomic E-state index is -0.108. The van der Waals surface area contributed by atoms with Gasteiger partial charge in [0.25, 0.3) is 5.91 Å². The molecule has 1 N–H and O–H groups in total. The van der Waals surface area contributed by atoms with Crippen LogP contribution >= 0.6 is 0 Å². The Morgan fingerprint density at radius 1 is 1.39 bits per heavy atom. The minimum absolute atomic E-state index is 0.0564. The lowest BCUT2D eigenvalue weighted by molar-refractivity contribution is 0.0923. The van der Waals surface area contributed by atoms with Crippen LogP contribution in [-0.2, 0) is 7.05 Å². The number of piperidine rings is 1. The summed E-state index contributed by atoms with van der Waals surface area (Å²) in [5.74, 6) is 1.06. The molecule has 0 bridgehead atoms. The number of nitrogens with zero attached hydrogens (tertiary/aromatic N) is 5. The van der Waals surface area contributed by atoms with Gasteiger partial charge in [0, 0.05) is 44.6 Å². The normalized spacial score (nSPS) is 17.8. The number of carbonyl (C=O) groups is 1. The van der Waals surface area contributed by atoms with Crippen LogP contribution in [0.3, 0.4) is 0 Å². The molecule has 8 nitrogen and oxygen atoms in total. The lowest BCUT2D eigenvalue weighted by atomic mass is 10.1. The van der Waals surface area contributed by atoms with Crippen molar-refractivity contribution in [3.63, 3.8) is 0 Å². The fraction of sp³-hybridized carbons (Fsp3) is 0.467. The molecular weight excluding hydrogens is 296 g/mol. The van der Waals surface area contributed by atoms with E-state index in [-0.39, 0.29) is 11.9 Å². The van der Waals surface area contributed by atoms with Crippen molar-refractivity contribution in [2.45, 2.75) is 18.9 Å². The second-order valence-electron chi connectivity index (χ2n) is 5.50. The van der Waals surface area contributed by atoms with E-state index in [0.717, 1.165) is 19.4 Å². The lowest BCUT2D eigenvalue weighted by Crippen LogP contribution is -2.48. The zero-order valence-electron chi connectivity index (χ0n) is 13.3. The Bertz CT molecular complexity index is 686. The highest BCUT2D eigenvalue weighted by atomic mass is 16.5. The van der Waals surface area contributed by atoms with Gasteiger partial charge in [0.2, 0.25) is 11.8 Å². The van der Waals surface area contributed by atoms with Crippen LogP contribution in [0.1, 0.15) is 23.3 Å². The molecule has 1 fully saturated rings. The number of anilines is 1. The quantitative estimate of drug-likeness (QED) is 0.890. The fourth-order valence-corrected chi connectivity index (χ4v) is 2.73. The molecule has 1 atom stereocenters. The van der Waals surface area contributed by atoms with Crippen molar-refractivity contribution in [3.8, 4) is 5.88 Å². The van der Waals surface area contributed by atoms with Crippen LogP contribution in [0.25, 0.3) is 0 Å².